The van der Waals surface area contributed by atoms with E-state index in [4.69, 9.17) is 14.2 Å². The lowest BCUT2D eigenvalue weighted by Crippen LogP contribution is -2.60. The molecule has 1 heterocycles. The third kappa shape index (κ3) is 11.0. The maximum Gasteiger partial charge on any atom is 0.255 e. The monoisotopic (exact) mass is 673 g/mol. The van der Waals surface area contributed by atoms with Gasteiger partial charge in [-0.1, -0.05) is 42.5 Å². The van der Waals surface area contributed by atoms with E-state index >= 15 is 0 Å². The fourth-order valence-electron chi connectivity index (χ4n) is 4.99. The van der Waals surface area contributed by atoms with Crippen molar-refractivity contribution in [1.29, 1.82) is 0 Å². The quantitative estimate of drug-likeness (QED) is 0.226. The van der Waals surface area contributed by atoms with Gasteiger partial charge in [-0.15, -0.1) is 0 Å². The summed E-state index contributed by atoms with van der Waals surface area (Å²) in [6.07, 6.45) is 0.159. The maximum absolute atomic E-state index is 13.5. The van der Waals surface area contributed by atoms with Crippen LogP contribution >= 0.6 is 0 Å². The van der Waals surface area contributed by atoms with E-state index in [1.54, 1.807) is 55.6 Å². The zero-order valence-electron chi connectivity index (χ0n) is 27.9. The van der Waals surface area contributed by atoms with Gasteiger partial charge in [0.05, 0.1) is 32.2 Å². The van der Waals surface area contributed by atoms with Crippen LogP contribution in [0, 0.1) is 0 Å². The third-order valence-electron chi connectivity index (χ3n) is 7.67. The smallest absolute Gasteiger partial charge is 0.255 e. The Labute approximate surface area is 285 Å². The topological polar surface area (TPSA) is 173 Å². The molecule has 13 heteroatoms. The molecule has 13 nitrogen and oxygen atoms in total. The molecule has 0 aromatic heterocycles. The van der Waals surface area contributed by atoms with Gasteiger partial charge in [-0.25, -0.2) is 0 Å². The predicted molar refractivity (Wildman–Crippen MR) is 181 cm³/mol. The average molecular weight is 674 g/mol. The minimum atomic E-state index is -1.48. The van der Waals surface area contributed by atoms with Crippen molar-refractivity contribution < 1.29 is 38.2 Å². The van der Waals surface area contributed by atoms with Gasteiger partial charge in [0, 0.05) is 13.0 Å². The van der Waals surface area contributed by atoms with E-state index in [1.807, 2.05) is 30.3 Å². The first-order valence-corrected chi connectivity index (χ1v) is 16.1. The molecular weight excluding hydrogens is 630 g/mol. The molecule has 0 bridgehead atoms. The molecule has 0 saturated carbocycles. The Morgan fingerprint density at radius 3 is 2.35 bits per heavy atom. The summed E-state index contributed by atoms with van der Waals surface area (Å²) in [4.78, 5) is 66.8. The number of methoxy groups -OCH3 is 1. The van der Waals surface area contributed by atoms with E-state index in [9.17, 15) is 24.0 Å². The first-order valence-electron chi connectivity index (χ1n) is 16.1. The van der Waals surface area contributed by atoms with E-state index in [0.29, 0.717) is 17.9 Å². The van der Waals surface area contributed by atoms with Crippen molar-refractivity contribution >= 4 is 29.5 Å². The van der Waals surface area contributed by atoms with Gasteiger partial charge < -0.3 is 40.8 Å². The van der Waals surface area contributed by atoms with E-state index in [-0.39, 0.29) is 44.0 Å². The molecule has 1 aliphatic rings. The Balaban J connectivity index is 1.51. The van der Waals surface area contributed by atoms with Crippen molar-refractivity contribution in [2.45, 2.75) is 50.7 Å². The first-order chi connectivity index (χ1) is 23.6. The molecule has 2 atom stereocenters. The number of para-hydroxylation sites is 1. The van der Waals surface area contributed by atoms with Crippen LogP contribution in [0.25, 0.3) is 0 Å². The van der Waals surface area contributed by atoms with Gasteiger partial charge in [-0.05, 0) is 62.2 Å². The Bertz CT molecular complexity index is 1600. The van der Waals surface area contributed by atoms with Gasteiger partial charge in [0.2, 0.25) is 23.6 Å². The summed E-state index contributed by atoms with van der Waals surface area (Å²) >= 11 is 0. The lowest BCUT2D eigenvalue weighted by atomic mass is 10.00. The van der Waals surface area contributed by atoms with Crippen LogP contribution in [-0.2, 0) is 25.6 Å². The molecule has 3 aromatic carbocycles. The number of ether oxygens (including phenoxy) is 3. The second-order valence-corrected chi connectivity index (χ2v) is 11.9. The number of benzene rings is 3. The SMILES string of the molecule is COc1ccc(OCCNC(=O)[C@@H]2CC(=O)NC(C)(C)C(=O)N[C@@H](Cc3ccccc3)C(=O)NCCCOc3ccccc3C(=O)N2)cc1. The van der Waals surface area contributed by atoms with Crippen LogP contribution in [0.5, 0.6) is 17.2 Å². The predicted octanol–water partition coefficient (Wildman–Crippen LogP) is 1.90. The molecule has 0 spiro atoms. The van der Waals surface area contributed by atoms with Crippen molar-refractivity contribution in [3.8, 4) is 17.2 Å². The zero-order valence-corrected chi connectivity index (χ0v) is 27.9. The molecule has 1 aliphatic heterocycles. The molecule has 0 aliphatic carbocycles. The van der Waals surface area contributed by atoms with Gasteiger partial charge in [0.15, 0.2) is 0 Å². The summed E-state index contributed by atoms with van der Waals surface area (Å²) in [5.74, 6) is -1.41. The van der Waals surface area contributed by atoms with Crippen LogP contribution in [0.4, 0.5) is 0 Å². The molecule has 0 fully saturated rings. The van der Waals surface area contributed by atoms with E-state index < -0.39 is 53.6 Å². The molecule has 5 amide bonds. The lowest BCUT2D eigenvalue weighted by molar-refractivity contribution is -0.135. The maximum atomic E-state index is 13.5. The molecule has 260 valence electrons. The fourth-order valence-corrected chi connectivity index (χ4v) is 4.99. The number of hydrogen-bond acceptors (Lipinski definition) is 8. The first kappa shape index (κ1) is 36.2. The largest absolute Gasteiger partial charge is 0.497 e. The lowest BCUT2D eigenvalue weighted by Gasteiger charge is -2.29. The standard InChI is InChI=1S/C36H43N5O8/c1-36(2)35(46)40-28(22-24-10-5-4-6-11-24)33(44)37-18-9-20-49-30-13-8-7-12-27(30)32(43)39-29(23-31(42)41-36)34(45)38-19-21-48-26-16-14-25(47-3)15-17-26/h4-8,10-17,28-29H,9,18-23H2,1-3H3,(H,37,44)(H,38,45)(H,39,43)(H,40,46)(H,41,42)/t28-,29-/m0/s1. The van der Waals surface area contributed by atoms with E-state index in [0.717, 1.165) is 5.56 Å². The normalized spacial score (nSPS) is 18.8. The minimum absolute atomic E-state index is 0.0807. The molecule has 4 rings (SSSR count). The highest BCUT2D eigenvalue weighted by Gasteiger charge is 2.35. The van der Waals surface area contributed by atoms with Crippen LogP contribution in [-0.4, -0.2) is 80.6 Å². The van der Waals surface area contributed by atoms with E-state index in [1.165, 1.54) is 13.8 Å². The highest BCUT2D eigenvalue weighted by atomic mass is 16.5. The van der Waals surface area contributed by atoms with Crippen LogP contribution in [0.2, 0.25) is 0 Å². The van der Waals surface area contributed by atoms with Gasteiger partial charge in [0.25, 0.3) is 5.91 Å². The molecule has 49 heavy (non-hydrogen) atoms. The van der Waals surface area contributed by atoms with Gasteiger partial charge in [0.1, 0.15) is 41.5 Å². The average Bonchev–Trinajstić information content (AvgIpc) is 3.09. The van der Waals surface area contributed by atoms with Gasteiger partial charge >= 0.3 is 0 Å². The zero-order chi connectivity index (χ0) is 35.2. The number of amides is 5. The summed E-state index contributed by atoms with van der Waals surface area (Å²) < 4.78 is 16.7. The second-order valence-electron chi connectivity index (χ2n) is 11.9. The molecule has 0 saturated heterocycles. The Kier molecular flexibility index (Phi) is 13.0. The Hall–Kier alpha value is -5.59. The number of rotatable bonds is 8. The van der Waals surface area contributed by atoms with E-state index in [2.05, 4.69) is 26.6 Å². The van der Waals surface area contributed by atoms with Crippen LogP contribution in [0.3, 0.4) is 0 Å². The molecule has 0 unspecified atom stereocenters. The number of carbonyl (C=O) groups is 5. The van der Waals surface area contributed by atoms with Crippen molar-refractivity contribution in [2.24, 2.45) is 0 Å². The number of carbonyl (C=O) groups excluding carboxylic acids is 5. The number of nitrogens with one attached hydrogen (secondary N) is 5. The molecule has 3 aromatic rings. The summed E-state index contributed by atoms with van der Waals surface area (Å²) in [6, 6.07) is 20.5. The van der Waals surface area contributed by atoms with Crippen molar-refractivity contribution in [1.82, 2.24) is 26.6 Å². The molecular formula is C36H43N5O8. The van der Waals surface area contributed by atoms with Crippen LogP contribution in [0.15, 0.2) is 78.9 Å². The molecule has 0 radical (unpaired) electrons. The van der Waals surface area contributed by atoms with Crippen LogP contribution < -0.4 is 40.8 Å². The summed E-state index contributed by atoms with van der Waals surface area (Å²) in [7, 11) is 1.56. The second kappa shape index (κ2) is 17.5. The summed E-state index contributed by atoms with van der Waals surface area (Å²) in [6.45, 7) is 3.61. The highest BCUT2D eigenvalue weighted by Crippen LogP contribution is 2.19. The number of hydrogen-bond donors (Lipinski definition) is 5. The van der Waals surface area contributed by atoms with Crippen molar-refractivity contribution in [3.05, 3.63) is 90.0 Å². The Morgan fingerprint density at radius 1 is 0.918 bits per heavy atom. The third-order valence-corrected chi connectivity index (χ3v) is 7.67. The Morgan fingerprint density at radius 2 is 1.61 bits per heavy atom. The highest BCUT2D eigenvalue weighted by molar-refractivity contribution is 6.01. The minimum Gasteiger partial charge on any atom is -0.497 e. The number of fused-ring (bicyclic) bond motifs is 1. The summed E-state index contributed by atoms with van der Waals surface area (Å²) in [5.41, 5.74) is -0.475. The van der Waals surface area contributed by atoms with Crippen molar-refractivity contribution in [2.75, 3.05) is 33.4 Å². The summed E-state index contributed by atoms with van der Waals surface area (Å²) in [5, 5.41) is 13.6. The van der Waals surface area contributed by atoms with Gasteiger partial charge in [-0.3, -0.25) is 24.0 Å². The van der Waals surface area contributed by atoms with Crippen molar-refractivity contribution in [3.63, 3.8) is 0 Å². The fraction of sp³-hybridized carbons (Fsp3) is 0.361. The van der Waals surface area contributed by atoms with Crippen LogP contribution in [0.1, 0.15) is 42.6 Å². The van der Waals surface area contributed by atoms with Gasteiger partial charge in [-0.2, -0.15) is 0 Å². The molecule has 5 N–H and O–H groups in total.